The second kappa shape index (κ2) is 25.8. The third-order valence-corrected chi connectivity index (χ3v) is 10.6. The molecule has 0 radical (unpaired) electrons. The lowest BCUT2D eigenvalue weighted by atomic mass is 10.1. The average Bonchev–Trinajstić information content (AvgIpc) is 3.67. The minimum atomic E-state index is -4.54. The zero-order valence-electron chi connectivity index (χ0n) is 29.3. The molecular weight excluding hydrogens is 659 g/mol. The maximum atomic E-state index is 12.8. The molecule has 6 atom stereocenters. The number of carbonyl (C=O) groups is 1. The molecule has 0 bridgehead atoms. The number of phosphoric acid groups is 1. The highest BCUT2D eigenvalue weighted by molar-refractivity contribution is 7.99. The molecule has 1 aromatic rings. The largest absolute Gasteiger partial charge is 0.472 e. The third-order valence-electron chi connectivity index (χ3n) is 8.45. The van der Waals surface area contributed by atoms with E-state index in [1.54, 1.807) is 11.8 Å². The molecule has 1 amide bonds. The summed E-state index contributed by atoms with van der Waals surface area (Å²) < 4.78 is 35.9. The van der Waals surface area contributed by atoms with Gasteiger partial charge in [-0.15, -0.1) is 5.10 Å². The highest BCUT2D eigenvalue weighted by Crippen LogP contribution is 2.44. The number of unbranched alkanes of at least 4 members (excludes halogenated alkanes) is 16. The molecule has 1 saturated heterocycles. The van der Waals surface area contributed by atoms with Crippen molar-refractivity contribution in [3.05, 3.63) is 12.2 Å². The van der Waals surface area contributed by atoms with Crippen molar-refractivity contribution in [3.8, 4) is 0 Å². The fourth-order valence-corrected chi connectivity index (χ4v) is 7.31. The third kappa shape index (κ3) is 18.2. The molecule has 2 rings (SSSR count). The number of primary amides is 1. The second-order valence-corrected chi connectivity index (χ2v) is 15.3. The summed E-state index contributed by atoms with van der Waals surface area (Å²) in [4.78, 5) is 25.4. The van der Waals surface area contributed by atoms with Gasteiger partial charge in [0.15, 0.2) is 6.23 Å². The number of aromatic nitrogens is 3. The van der Waals surface area contributed by atoms with Gasteiger partial charge in [0.2, 0.25) is 5.82 Å². The van der Waals surface area contributed by atoms with E-state index in [9.17, 15) is 24.5 Å². The minimum absolute atomic E-state index is 0.121. The van der Waals surface area contributed by atoms with Crippen molar-refractivity contribution in [1.29, 1.82) is 0 Å². The van der Waals surface area contributed by atoms with E-state index < -0.39 is 44.9 Å². The summed E-state index contributed by atoms with van der Waals surface area (Å²) in [5.74, 6) is 0.485. The lowest BCUT2D eigenvalue weighted by molar-refractivity contribution is -0.0600. The number of rotatable bonds is 31. The smallest absolute Gasteiger partial charge is 0.387 e. The van der Waals surface area contributed by atoms with Crippen LogP contribution in [0.4, 0.5) is 0 Å². The zero-order valence-corrected chi connectivity index (χ0v) is 31.0. The molecule has 0 saturated carbocycles. The number of carbonyl (C=O) groups excluding carboxylic acids is 1. The summed E-state index contributed by atoms with van der Waals surface area (Å²) in [5, 5.41) is 24.7. The molecule has 1 aliphatic heterocycles. The number of nitrogens with zero attached hydrogens (tertiary/aromatic N) is 3. The van der Waals surface area contributed by atoms with E-state index in [-0.39, 0.29) is 18.5 Å². The molecular formula is C33H63N4O9PS. The lowest BCUT2D eigenvalue weighted by Gasteiger charge is -2.21. The first-order chi connectivity index (χ1) is 23.2. The fraction of sp³-hybridized carbons (Fsp3) is 0.909. The van der Waals surface area contributed by atoms with Crippen LogP contribution in [-0.4, -0.2) is 91.5 Å². The number of phosphoric ester groups is 1. The van der Waals surface area contributed by atoms with Crippen molar-refractivity contribution in [2.24, 2.45) is 5.73 Å². The predicted octanol–water partition coefficient (Wildman–Crippen LogP) is 6.31. The van der Waals surface area contributed by atoms with Crippen molar-refractivity contribution in [3.63, 3.8) is 0 Å². The molecule has 15 heteroatoms. The predicted molar refractivity (Wildman–Crippen MR) is 188 cm³/mol. The monoisotopic (exact) mass is 722 g/mol. The first-order valence-electron chi connectivity index (χ1n) is 18.2. The van der Waals surface area contributed by atoms with E-state index in [2.05, 4.69) is 23.9 Å². The van der Waals surface area contributed by atoms with Crippen LogP contribution in [0.5, 0.6) is 0 Å². The first-order valence-corrected chi connectivity index (χ1v) is 20.9. The van der Waals surface area contributed by atoms with Crippen LogP contribution >= 0.6 is 19.6 Å². The Bertz CT molecular complexity index is 1020. The Labute approximate surface area is 292 Å². The number of hydrogen-bond donors (Lipinski definition) is 4. The van der Waals surface area contributed by atoms with Crippen molar-refractivity contribution >= 4 is 25.5 Å². The molecule has 1 aliphatic rings. The Hall–Kier alpha value is -1.09. The van der Waals surface area contributed by atoms with E-state index in [1.807, 2.05) is 0 Å². The summed E-state index contributed by atoms with van der Waals surface area (Å²) in [6.45, 7) is 4.36. The van der Waals surface area contributed by atoms with Gasteiger partial charge in [0.1, 0.15) is 24.6 Å². The maximum Gasteiger partial charge on any atom is 0.472 e. The quantitative estimate of drug-likeness (QED) is 0.0495. The van der Waals surface area contributed by atoms with Crippen LogP contribution in [0, 0.1) is 0 Å². The Balaban J connectivity index is 1.74. The first kappa shape index (κ1) is 43.1. The van der Waals surface area contributed by atoms with Crippen LogP contribution in [0.15, 0.2) is 6.33 Å². The van der Waals surface area contributed by atoms with Gasteiger partial charge in [-0.1, -0.05) is 117 Å². The topological polar surface area (TPSA) is 188 Å². The highest BCUT2D eigenvalue weighted by Gasteiger charge is 2.45. The van der Waals surface area contributed by atoms with Gasteiger partial charge in [0.25, 0.3) is 5.91 Å². The molecule has 0 aromatic carbocycles. The van der Waals surface area contributed by atoms with Crippen molar-refractivity contribution in [1.82, 2.24) is 14.8 Å². The molecule has 1 fully saturated rings. The number of aliphatic hydroxyl groups is 2. The molecule has 5 unspecified atom stereocenters. The van der Waals surface area contributed by atoms with E-state index in [0.717, 1.165) is 36.0 Å². The van der Waals surface area contributed by atoms with Crippen molar-refractivity contribution in [2.75, 3.05) is 31.3 Å². The number of hydrogen-bond acceptors (Lipinski definition) is 11. The van der Waals surface area contributed by atoms with Crippen LogP contribution in [0.1, 0.15) is 146 Å². The number of amides is 1. The summed E-state index contributed by atoms with van der Waals surface area (Å²) in [6, 6.07) is 0. The lowest BCUT2D eigenvalue weighted by Crippen LogP contribution is -2.34. The molecule has 0 aliphatic carbocycles. The van der Waals surface area contributed by atoms with Gasteiger partial charge in [-0.3, -0.25) is 13.8 Å². The normalized spacial score (nSPS) is 21.4. The van der Waals surface area contributed by atoms with E-state index >= 15 is 0 Å². The molecule has 0 spiro atoms. The zero-order chi connectivity index (χ0) is 35.0. The van der Waals surface area contributed by atoms with Gasteiger partial charge < -0.3 is 30.3 Å². The molecule has 13 nitrogen and oxygen atoms in total. The number of aliphatic hydroxyl groups excluding tert-OH is 2. The summed E-state index contributed by atoms with van der Waals surface area (Å²) in [6.07, 6.45) is 17.8. The standard InChI is InChI=1S/C33H63N4O9PS/c1-3-5-7-9-11-13-14-16-18-20-22-48-25-27(43-21-19-17-15-12-10-8-6-4-2)23-44-47(41,42)45-24-28-29(38)30(39)33(46-28)37-26-35-32(36-37)31(34)40/h26-30,33,38-39H,3-25H2,1-2H3,(H2,34,40)(H,41,42)/t27-,28?,29?,30?,33?/m1/s1. The van der Waals surface area contributed by atoms with Crippen molar-refractivity contribution < 1.29 is 43.0 Å². The number of thioether (sulfide) groups is 1. The summed E-state index contributed by atoms with van der Waals surface area (Å²) in [5.41, 5.74) is 5.17. The number of ether oxygens (including phenoxy) is 2. The van der Waals surface area contributed by atoms with Crippen LogP contribution in [0.2, 0.25) is 0 Å². The SMILES string of the molecule is CCCCCCCCCCCCSC[C@@H](COP(=O)(O)OCC1OC(n2cnc(C(N)=O)n2)C(O)C1O)OCCCCCCCCCC. The van der Waals surface area contributed by atoms with E-state index in [1.165, 1.54) is 96.3 Å². The van der Waals surface area contributed by atoms with Crippen molar-refractivity contribution in [2.45, 2.75) is 160 Å². The molecule has 48 heavy (non-hydrogen) atoms. The average molecular weight is 723 g/mol. The van der Waals surface area contributed by atoms with Gasteiger partial charge in [0.05, 0.1) is 19.3 Å². The highest BCUT2D eigenvalue weighted by atomic mass is 32.2. The fourth-order valence-electron chi connectivity index (χ4n) is 5.51. The van der Waals surface area contributed by atoms with Gasteiger partial charge in [-0.2, -0.15) is 11.8 Å². The minimum Gasteiger partial charge on any atom is -0.387 e. The Morgan fingerprint density at radius 1 is 0.917 bits per heavy atom. The van der Waals surface area contributed by atoms with Crippen LogP contribution in [0.25, 0.3) is 0 Å². The van der Waals surface area contributed by atoms with Crippen LogP contribution < -0.4 is 5.73 Å². The van der Waals surface area contributed by atoms with E-state index in [0.29, 0.717) is 12.4 Å². The Morgan fingerprint density at radius 2 is 1.48 bits per heavy atom. The van der Waals surface area contributed by atoms with Crippen LogP contribution in [0.3, 0.4) is 0 Å². The van der Waals surface area contributed by atoms with Gasteiger partial charge in [-0.25, -0.2) is 14.2 Å². The number of nitrogens with two attached hydrogens (primary N) is 1. The van der Waals surface area contributed by atoms with E-state index in [4.69, 9.17) is 24.3 Å². The molecule has 280 valence electrons. The second-order valence-electron chi connectivity index (χ2n) is 12.7. The summed E-state index contributed by atoms with van der Waals surface area (Å²) in [7, 11) is -4.54. The molecule has 2 heterocycles. The molecule has 1 aromatic heterocycles. The maximum absolute atomic E-state index is 12.8. The Kier molecular flexibility index (Phi) is 23.2. The van der Waals surface area contributed by atoms with Gasteiger partial charge in [0, 0.05) is 12.4 Å². The van der Waals surface area contributed by atoms with Gasteiger partial charge >= 0.3 is 7.82 Å². The Morgan fingerprint density at radius 3 is 2.04 bits per heavy atom. The van der Waals surface area contributed by atoms with Crippen LogP contribution in [-0.2, 0) is 23.1 Å². The summed E-state index contributed by atoms with van der Waals surface area (Å²) >= 11 is 1.76. The van der Waals surface area contributed by atoms with Gasteiger partial charge in [-0.05, 0) is 18.6 Å². The molecule has 5 N–H and O–H groups in total.